The molecule has 2 rings (SSSR count). The molecule has 9 nitrogen and oxygen atoms in total. The van der Waals surface area contributed by atoms with Crippen molar-refractivity contribution < 1.29 is 28.2 Å². The summed E-state index contributed by atoms with van der Waals surface area (Å²) in [5.41, 5.74) is 6.19. The number of rotatable bonds is 10. The van der Waals surface area contributed by atoms with Gasteiger partial charge in [0, 0.05) is 24.8 Å². The zero-order chi connectivity index (χ0) is 20.7. The summed E-state index contributed by atoms with van der Waals surface area (Å²) in [6.07, 6.45) is 0.293. The lowest BCUT2D eigenvalue weighted by molar-refractivity contribution is 0.0997. The van der Waals surface area contributed by atoms with Gasteiger partial charge in [-0.05, 0) is 29.8 Å². The Morgan fingerprint density at radius 1 is 1.21 bits per heavy atom. The molecule has 0 aliphatic carbocycles. The van der Waals surface area contributed by atoms with Gasteiger partial charge in [-0.2, -0.15) is 0 Å². The first-order valence-corrected chi connectivity index (χ1v) is 10.3. The van der Waals surface area contributed by atoms with E-state index in [2.05, 4.69) is 10.0 Å². The molecule has 0 saturated carbocycles. The van der Waals surface area contributed by atoms with Crippen LogP contribution in [0.4, 0.5) is 5.69 Å². The monoisotopic (exact) mass is 409 g/mol. The van der Waals surface area contributed by atoms with Gasteiger partial charge >= 0.3 is 0 Å². The molecule has 1 amide bonds. The van der Waals surface area contributed by atoms with Crippen LogP contribution in [0, 0.1) is 0 Å². The van der Waals surface area contributed by atoms with Crippen molar-refractivity contribution in [2.24, 2.45) is 5.73 Å². The first-order chi connectivity index (χ1) is 13.2. The number of aliphatic hydroxyl groups excluding tert-OH is 1. The average Bonchev–Trinajstić information content (AvgIpc) is 2.60. The van der Waals surface area contributed by atoms with E-state index in [1.54, 1.807) is 24.3 Å². The van der Waals surface area contributed by atoms with Crippen LogP contribution in [0.25, 0.3) is 0 Å². The maximum absolute atomic E-state index is 11.2. The van der Waals surface area contributed by atoms with Crippen molar-refractivity contribution in [3.05, 3.63) is 53.6 Å². The van der Waals surface area contributed by atoms with Crippen molar-refractivity contribution in [1.29, 1.82) is 0 Å². The fourth-order valence-electron chi connectivity index (χ4n) is 2.39. The highest BCUT2D eigenvalue weighted by Crippen LogP contribution is 2.23. The molecule has 0 fully saturated rings. The van der Waals surface area contributed by atoms with Crippen LogP contribution in [0.5, 0.6) is 11.5 Å². The molecule has 0 radical (unpaired) electrons. The summed E-state index contributed by atoms with van der Waals surface area (Å²) >= 11 is 0. The van der Waals surface area contributed by atoms with Gasteiger partial charge in [0.1, 0.15) is 18.1 Å². The van der Waals surface area contributed by atoms with E-state index in [0.717, 1.165) is 6.26 Å². The predicted molar refractivity (Wildman–Crippen MR) is 105 cm³/mol. The standard InChI is InChI=1S/C18H23N3O6S/c1-28(25,26)21-13-4-2-12(3-5-13)17(23)11-20-8-9-27-14-6-7-15(18(19)24)16(22)10-14/h2-7,10,17,20-23H,8-9,11H2,1H3,(H2,19,24). The molecule has 1 unspecified atom stereocenters. The number of aromatic hydroxyl groups is 1. The Kier molecular flexibility index (Phi) is 7.21. The maximum Gasteiger partial charge on any atom is 0.252 e. The summed E-state index contributed by atoms with van der Waals surface area (Å²) in [7, 11) is -3.34. The van der Waals surface area contributed by atoms with E-state index < -0.39 is 22.0 Å². The maximum atomic E-state index is 11.2. The van der Waals surface area contributed by atoms with Crippen molar-refractivity contribution in [2.75, 3.05) is 30.7 Å². The Bertz CT molecular complexity index is 915. The number of nitrogens with two attached hydrogens (primary N) is 1. The average molecular weight is 409 g/mol. The summed E-state index contributed by atoms with van der Waals surface area (Å²) in [6, 6.07) is 10.6. The van der Waals surface area contributed by atoms with E-state index in [9.17, 15) is 23.4 Å². The van der Waals surface area contributed by atoms with Crippen LogP contribution in [0.1, 0.15) is 22.0 Å². The first-order valence-electron chi connectivity index (χ1n) is 8.38. The Hall–Kier alpha value is -2.82. The SMILES string of the molecule is CS(=O)(=O)Nc1ccc(C(O)CNCCOc2ccc(C(N)=O)c(O)c2)cc1. The van der Waals surface area contributed by atoms with Crippen LogP contribution >= 0.6 is 0 Å². The first kappa shape index (κ1) is 21.5. The number of hydrogen-bond donors (Lipinski definition) is 5. The number of carbonyl (C=O) groups excluding carboxylic acids is 1. The normalized spacial score (nSPS) is 12.4. The fraction of sp³-hybridized carbons (Fsp3) is 0.278. The Morgan fingerprint density at radius 3 is 2.46 bits per heavy atom. The van der Waals surface area contributed by atoms with Crippen LogP contribution in [0.3, 0.4) is 0 Å². The quantitative estimate of drug-likeness (QED) is 0.360. The highest BCUT2D eigenvalue weighted by molar-refractivity contribution is 7.92. The topological polar surface area (TPSA) is 151 Å². The summed E-state index contributed by atoms with van der Waals surface area (Å²) in [4.78, 5) is 11.1. The van der Waals surface area contributed by atoms with Crippen LogP contribution in [0.2, 0.25) is 0 Å². The Morgan fingerprint density at radius 2 is 1.89 bits per heavy atom. The smallest absolute Gasteiger partial charge is 0.252 e. The number of phenols is 1. The van der Waals surface area contributed by atoms with Crippen molar-refractivity contribution in [3.63, 3.8) is 0 Å². The minimum atomic E-state index is -3.34. The molecule has 2 aromatic carbocycles. The van der Waals surface area contributed by atoms with Gasteiger partial charge < -0.3 is 26.0 Å². The predicted octanol–water partition coefficient (Wildman–Crippen LogP) is 0.565. The Labute approximate surface area is 163 Å². The molecule has 0 spiro atoms. The van der Waals surface area contributed by atoms with Gasteiger partial charge in [-0.15, -0.1) is 0 Å². The minimum absolute atomic E-state index is 0.0198. The molecule has 0 aromatic heterocycles. The number of anilines is 1. The number of ether oxygens (including phenoxy) is 1. The lowest BCUT2D eigenvalue weighted by Crippen LogP contribution is -2.26. The molecule has 10 heteroatoms. The highest BCUT2D eigenvalue weighted by Gasteiger charge is 2.10. The van der Waals surface area contributed by atoms with Crippen LogP contribution in [-0.2, 0) is 10.0 Å². The van der Waals surface area contributed by atoms with Gasteiger partial charge in [0.15, 0.2) is 0 Å². The summed E-state index contributed by atoms with van der Waals surface area (Å²) in [5, 5.41) is 22.9. The van der Waals surface area contributed by atoms with Gasteiger partial charge in [-0.25, -0.2) is 8.42 Å². The number of amides is 1. The number of aliphatic hydroxyl groups is 1. The van der Waals surface area contributed by atoms with E-state index >= 15 is 0 Å². The zero-order valence-corrected chi connectivity index (χ0v) is 16.1. The zero-order valence-electron chi connectivity index (χ0n) is 15.3. The molecular weight excluding hydrogens is 386 g/mol. The molecule has 28 heavy (non-hydrogen) atoms. The number of benzene rings is 2. The van der Waals surface area contributed by atoms with Gasteiger partial charge in [0.2, 0.25) is 10.0 Å². The molecule has 0 bridgehead atoms. The van der Waals surface area contributed by atoms with Gasteiger partial charge in [0.25, 0.3) is 5.91 Å². The van der Waals surface area contributed by atoms with Gasteiger partial charge in [0.05, 0.1) is 17.9 Å². The van der Waals surface area contributed by atoms with Gasteiger partial charge in [-0.3, -0.25) is 9.52 Å². The number of primary amides is 1. The summed E-state index contributed by atoms with van der Waals surface area (Å²) < 4.78 is 30.1. The number of carbonyl (C=O) groups is 1. The molecule has 2 aromatic rings. The molecule has 0 saturated heterocycles. The molecule has 152 valence electrons. The van der Waals surface area contributed by atoms with Crippen molar-refractivity contribution in [1.82, 2.24) is 5.32 Å². The van der Waals surface area contributed by atoms with Crippen LogP contribution < -0.4 is 20.5 Å². The van der Waals surface area contributed by atoms with Gasteiger partial charge in [-0.1, -0.05) is 12.1 Å². The molecule has 1 atom stereocenters. The third-order valence-electron chi connectivity index (χ3n) is 3.72. The van der Waals surface area contributed by atoms with Crippen LogP contribution in [-0.4, -0.2) is 50.5 Å². The van der Waals surface area contributed by atoms with Crippen molar-refractivity contribution >= 4 is 21.6 Å². The molecule has 6 N–H and O–H groups in total. The lowest BCUT2D eigenvalue weighted by Gasteiger charge is -2.14. The number of hydrogen-bond acceptors (Lipinski definition) is 7. The van der Waals surface area contributed by atoms with Crippen molar-refractivity contribution in [3.8, 4) is 11.5 Å². The third-order valence-corrected chi connectivity index (χ3v) is 4.33. The highest BCUT2D eigenvalue weighted by atomic mass is 32.2. The van der Waals surface area contributed by atoms with E-state index in [4.69, 9.17) is 10.5 Å². The largest absolute Gasteiger partial charge is 0.507 e. The second-order valence-electron chi connectivity index (χ2n) is 6.11. The molecule has 0 aliphatic rings. The van der Waals surface area contributed by atoms with E-state index in [0.29, 0.717) is 23.5 Å². The molecule has 0 aliphatic heterocycles. The molecular formula is C18H23N3O6S. The van der Waals surface area contributed by atoms with Crippen LogP contribution in [0.15, 0.2) is 42.5 Å². The minimum Gasteiger partial charge on any atom is -0.507 e. The number of sulfonamides is 1. The Balaban J connectivity index is 1.74. The fourth-order valence-corrected chi connectivity index (χ4v) is 2.96. The van der Waals surface area contributed by atoms with E-state index in [-0.39, 0.29) is 24.5 Å². The third kappa shape index (κ3) is 6.72. The number of nitrogens with one attached hydrogen (secondary N) is 2. The van der Waals surface area contributed by atoms with E-state index in [1.807, 2.05) is 0 Å². The second-order valence-corrected chi connectivity index (χ2v) is 7.86. The van der Waals surface area contributed by atoms with Crippen molar-refractivity contribution in [2.45, 2.75) is 6.10 Å². The summed E-state index contributed by atoms with van der Waals surface area (Å²) in [5.74, 6) is -0.583. The molecule has 0 heterocycles. The van der Waals surface area contributed by atoms with E-state index in [1.165, 1.54) is 18.2 Å². The summed E-state index contributed by atoms with van der Waals surface area (Å²) in [6.45, 7) is 0.983. The lowest BCUT2D eigenvalue weighted by atomic mass is 10.1. The second kappa shape index (κ2) is 9.40.